The molecular formula is C7H13O4P. The first-order valence-electron chi connectivity index (χ1n) is 3.67. The number of carboxylic acids is 1. The Morgan fingerprint density at radius 3 is 2.50 bits per heavy atom. The zero-order chi connectivity index (χ0) is 9.56. The zero-order valence-corrected chi connectivity index (χ0v) is 8.10. The van der Waals surface area contributed by atoms with E-state index in [4.69, 9.17) is 9.84 Å². The van der Waals surface area contributed by atoms with Crippen LogP contribution in [0.25, 0.3) is 0 Å². The summed E-state index contributed by atoms with van der Waals surface area (Å²) in [5.74, 6) is -1.43. The number of ether oxygens (including phenoxy) is 1. The molecule has 0 radical (unpaired) electrons. The van der Waals surface area contributed by atoms with Gasteiger partial charge < -0.3 is 9.84 Å². The maximum Gasteiger partial charge on any atom is 0.306 e. The van der Waals surface area contributed by atoms with E-state index in [2.05, 4.69) is 9.24 Å². The Labute approximate surface area is 73.5 Å². The highest BCUT2D eigenvalue weighted by Gasteiger charge is 2.09. The zero-order valence-electron chi connectivity index (χ0n) is 6.95. The monoisotopic (exact) mass is 192 g/mol. The third-order valence-electron chi connectivity index (χ3n) is 1.21. The van der Waals surface area contributed by atoms with Crippen molar-refractivity contribution in [1.29, 1.82) is 0 Å². The molecule has 4 nitrogen and oxygen atoms in total. The van der Waals surface area contributed by atoms with E-state index in [1.165, 1.54) is 0 Å². The molecule has 0 saturated carbocycles. The molecule has 0 amide bonds. The molecule has 0 aromatic heterocycles. The van der Waals surface area contributed by atoms with Gasteiger partial charge in [0.25, 0.3) is 0 Å². The van der Waals surface area contributed by atoms with Crippen LogP contribution in [-0.4, -0.2) is 29.3 Å². The second kappa shape index (κ2) is 5.95. The lowest BCUT2D eigenvalue weighted by atomic mass is 10.3. The molecule has 0 aliphatic carbocycles. The van der Waals surface area contributed by atoms with Gasteiger partial charge in [0, 0.05) is 0 Å². The number of esters is 1. The van der Waals surface area contributed by atoms with Gasteiger partial charge in [-0.05, 0) is 13.1 Å². The molecule has 0 saturated heterocycles. The van der Waals surface area contributed by atoms with Crippen molar-refractivity contribution >= 4 is 21.2 Å². The lowest BCUT2D eigenvalue weighted by Crippen LogP contribution is -2.16. The second-order valence-electron chi connectivity index (χ2n) is 2.43. The first-order chi connectivity index (χ1) is 5.56. The molecule has 2 unspecified atom stereocenters. The van der Waals surface area contributed by atoms with Crippen LogP contribution in [-0.2, 0) is 14.3 Å². The quantitative estimate of drug-likeness (QED) is 0.513. The highest BCUT2D eigenvalue weighted by Crippen LogP contribution is 2.00. The van der Waals surface area contributed by atoms with Crippen LogP contribution in [0.5, 0.6) is 0 Å². The number of carboxylic acid groups (broad SMARTS) is 1. The van der Waals surface area contributed by atoms with Gasteiger partial charge >= 0.3 is 11.9 Å². The standard InChI is InChI=1S/C7H13O4P/c1-5(4-12)11-7(10)3-2-6(8)9/h5H,2-4,12H2,1H3,(H,8,9). The van der Waals surface area contributed by atoms with E-state index in [1.807, 2.05) is 0 Å². The topological polar surface area (TPSA) is 63.6 Å². The van der Waals surface area contributed by atoms with Crippen molar-refractivity contribution < 1.29 is 19.4 Å². The Kier molecular flexibility index (Phi) is 5.64. The number of hydrogen-bond acceptors (Lipinski definition) is 3. The average molecular weight is 192 g/mol. The molecule has 0 aromatic rings. The molecule has 0 aromatic carbocycles. The first kappa shape index (κ1) is 11.4. The molecule has 5 heteroatoms. The van der Waals surface area contributed by atoms with Crippen molar-refractivity contribution in [3.8, 4) is 0 Å². The minimum Gasteiger partial charge on any atom is -0.481 e. The van der Waals surface area contributed by atoms with Gasteiger partial charge in [0.1, 0.15) is 6.10 Å². The van der Waals surface area contributed by atoms with Gasteiger partial charge in [-0.1, -0.05) is 0 Å². The van der Waals surface area contributed by atoms with Crippen LogP contribution < -0.4 is 0 Å². The normalized spacial score (nSPS) is 12.2. The van der Waals surface area contributed by atoms with Gasteiger partial charge in [0.15, 0.2) is 0 Å². The summed E-state index contributed by atoms with van der Waals surface area (Å²) in [5, 5.41) is 8.24. The van der Waals surface area contributed by atoms with Crippen LogP contribution in [0.2, 0.25) is 0 Å². The molecule has 2 atom stereocenters. The van der Waals surface area contributed by atoms with Gasteiger partial charge in [-0.25, -0.2) is 0 Å². The Morgan fingerprint density at radius 2 is 2.08 bits per heavy atom. The van der Waals surface area contributed by atoms with Gasteiger partial charge in [-0.15, -0.1) is 9.24 Å². The smallest absolute Gasteiger partial charge is 0.306 e. The maximum atomic E-state index is 10.8. The summed E-state index contributed by atoms with van der Waals surface area (Å²) in [6.45, 7) is 1.76. The molecule has 70 valence electrons. The minimum atomic E-state index is -0.981. The third kappa shape index (κ3) is 6.10. The van der Waals surface area contributed by atoms with E-state index >= 15 is 0 Å². The summed E-state index contributed by atoms with van der Waals surface area (Å²) >= 11 is 0. The molecule has 0 fully saturated rings. The van der Waals surface area contributed by atoms with Crippen molar-refractivity contribution in [1.82, 2.24) is 0 Å². The molecule has 0 aliphatic rings. The predicted molar refractivity (Wildman–Crippen MR) is 47.0 cm³/mol. The summed E-state index contributed by atoms with van der Waals surface area (Å²) in [4.78, 5) is 20.9. The maximum absolute atomic E-state index is 10.8. The highest BCUT2D eigenvalue weighted by molar-refractivity contribution is 7.16. The molecule has 12 heavy (non-hydrogen) atoms. The van der Waals surface area contributed by atoms with Gasteiger partial charge in [-0.3, -0.25) is 9.59 Å². The van der Waals surface area contributed by atoms with Crippen molar-refractivity contribution in [2.24, 2.45) is 0 Å². The fraction of sp³-hybridized carbons (Fsp3) is 0.714. The summed E-state index contributed by atoms with van der Waals surface area (Å²) in [5.41, 5.74) is 0. The Balaban J connectivity index is 3.53. The molecule has 0 aliphatic heterocycles. The number of aliphatic carboxylic acids is 1. The van der Waals surface area contributed by atoms with Crippen LogP contribution in [0.4, 0.5) is 0 Å². The highest BCUT2D eigenvalue weighted by atomic mass is 31.0. The fourth-order valence-corrected chi connectivity index (χ4v) is 0.637. The minimum absolute atomic E-state index is 0.0513. The summed E-state index contributed by atoms with van der Waals surface area (Å²) in [7, 11) is 2.45. The summed E-state index contributed by atoms with van der Waals surface area (Å²) in [6.07, 6.45) is 0.294. The van der Waals surface area contributed by atoms with Crippen molar-refractivity contribution in [3.05, 3.63) is 0 Å². The number of hydrogen-bond donors (Lipinski definition) is 1. The van der Waals surface area contributed by atoms with Gasteiger partial charge in [0.2, 0.25) is 0 Å². The predicted octanol–water partition coefficient (Wildman–Crippen LogP) is 0.658. The van der Waals surface area contributed by atoms with E-state index < -0.39 is 11.9 Å². The van der Waals surface area contributed by atoms with E-state index in [-0.39, 0.29) is 18.9 Å². The molecule has 1 N–H and O–H groups in total. The molecular weight excluding hydrogens is 179 g/mol. The number of rotatable bonds is 5. The SMILES string of the molecule is CC(CP)OC(=O)CCC(=O)O. The van der Waals surface area contributed by atoms with Gasteiger partial charge in [0.05, 0.1) is 12.8 Å². The fourth-order valence-electron chi connectivity index (χ4n) is 0.540. The van der Waals surface area contributed by atoms with E-state index in [9.17, 15) is 9.59 Å². The van der Waals surface area contributed by atoms with Crippen LogP contribution in [0.3, 0.4) is 0 Å². The first-order valence-corrected chi connectivity index (χ1v) is 4.49. The van der Waals surface area contributed by atoms with Crippen molar-refractivity contribution in [2.45, 2.75) is 25.9 Å². The van der Waals surface area contributed by atoms with Crippen molar-refractivity contribution in [3.63, 3.8) is 0 Å². The molecule has 0 spiro atoms. The lowest BCUT2D eigenvalue weighted by molar-refractivity contribution is -0.150. The van der Waals surface area contributed by atoms with Crippen LogP contribution in [0.15, 0.2) is 0 Å². The second-order valence-corrected chi connectivity index (χ2v) is 2.90. The van der Waals surface area contributed by atoms with E-state index in [0.717, 1.165) is 0 Å². The van der Waals surface area contributed by atoms with Gasteiger partial charge in [-0.2, -0.15) is 0 Å². The molecule has 0 rings (SSSR count). The molecule has 0 heterocycles. The third-order valence-corrected chi connectivity index (χ3v) is 1.87. The van der Waals surface area contributed by atoms with E-state index in [1.54, 1.807) is 6.92 Å². The van der Waals surface area contributed by atoms with Crippen LogP contribution in [0, 0.1) is 0 Å². The number of carbonyl (C=O) groups is 2. The van der Waals surface area contributed by atoms with Crippen LogP contribution in [0.1, 0.15) is 19.8 Å². The Bertz CT molecular complexity index is 169. The summed E-state index contributed by atoms with van der Waals surface area (Å²) in [6, 6.07) is 0. The number of carbonyl (C=O) groups excluding carboxylic acids is 1. The van der Waals surface area contributed by atoms with Crippen molar-refractivity contribution in [2.75, 3.05) is 6.16 Å². The van der Waals surface area contributed by atoms with Crippen LogP contribution >= 0.6 is 9.24 Å². The molecule has 0 bridgehead atoms. The average Bonchev–Trinajstić information content (AvgIpc) is 2.00. The van der Waals surface area contributed by atoms with E-state index in [0.29, 0.717) is 6.16 Å². The summed E-state index contributed by atoms with van der Waals surface area (Å²) < 4.78 is 4.83. The Hall–Kier alpha value is -0.630. The Morgan fingerprint density at radius 1 is 1.50 bits per heavy atom. The largest absolute Gasteiger partial charge is 0.481 e. The lowest BCUT2D eigenvalue weighted by Gasteiger charge is -2.09.